The van der Waals surface area contributed by atoms with E-state index in [2.05, 4.69) is 10.2 Å². The van der Waals surface area contributed by atoms with Crippen LogP contribution in [0, 0.1) is 11.7 Å². The first kappa shape index (κ1) is 15.1. The third kappa shape index (κ3) is 2.84. The molecular formula is C18H19FN4O. The SMILES string of the molecule is O=c1c2cc(-c3ccc(F)cc3)nn2cnn1CC1CCCCC1. The summed E-state index contributed by atoms with van der Waals surface area (Å²) in [6.45, 7) is 0.673. The van der Waals surface area contributed by atoms with Crippen LogP contribution in [-0.4, -0.2) is 19.4 Å². The summed E-state index contributed by atoms with van der Waals surface area (Å²) in [7, 11) is 0. The van der Waals surface area contributed by atoms with Gasteiger partial charge in [0.05, 0.1) is 5.69 Å². The van der Waals surface area contributed by atoms with Crippen LogP contribution in [0.2, 0.25) is 0 Å². The molecule has 5 nitrogen and oxygen atoms in total. The maximum absolute atomic E-state index is 13.1. The number of fused-ring (bicyclic) bond motifs is 1. The fraction of sp³-hybridized carbons (Fsp3) is 0.389. The van der Waals surface area contributed by atoms with Gasteiger partial charge in [0.15, 0.2) is 0 Å². The molecule has 24 heavy (non-hydrogen) atoms. The zero-order chi connectivity index (χ0) is 16.5. The van der Waals surface area contributed by atoms with Gasteiger partial charge >= 0.3 is 0 Å². The molecule has 1 aliphatic carbocycles. The molecule has 0 N–H and O–H groups in total. The summed E-state index contributed by atoms with van der Waals surface area (Å²) in [5.41, 5.74) is 1.80. The number of benzene rings is 1. The van der Waals surface area contributed by atoms with Crippen molar-refractivity contribution in [2.24, 2.45) is 5.92 Å². The van der Waals surface area contributed by atoms with Gasteiger partial charge in [-0.1, -0.05) is 19.3 Å². The molecule has 6 heteroatoms. The van der Waals surface area contributed by atoms with E-state index in [1.54, 1.807) is 29.2 Å². The Hall–Kier alpha value is -2.50. The van der Waals surface area contributed by atoms with Crippen molar-refractivity contribution in [3.63, 3.8) is 0 Å². The minimum absolute atomic E-state index is 0.121. The Kier molecular flexibility index (Phi) is 3.88. The van der Waals surface area contributed by atoms with Crippen molar-refractivity contribution in [1.29, 1.82) is 0 Å². The Morgan fingerprint density at radius 2 is 1.88 bits per heavy atom. The van der Waals surface area contributed by atoms with Gasteiger partial charge in [0.2, 0.25) is 0 Å². The lowest BCUT2D eigenvalue weighted by Crippen LogP contribution is -2.28. The molecule has 0 unspecified atom stereocenters. The molecule has 1 aromatic carbocycles. The van der Waals surface area contributed by atoms with Gasteiger partial charge in [-0.25, -0.2) is 13.6 Å². The van der Waals surface area contributed by atoms with Crippen LogP contribution in [0.1, 0.15) is 32.1 Å². The van der Waals surface area contributed by atoms with E-state index < -0.39 is 0 Å². The van der Waals surface area contributed by atoms with Crippen LogP contribution in [0.25, 0.3) is 16.8 Å². The first-order valence-corrected chi connectivity index (χ1v) is 8.42. The molecule has 0 amide bonds. The Labute approximate surface area is 138 Å². The van der Waals surface area contributed by atoms with Crippen LogP contribution in [0.15, 0.2) is 41.5 Å². The van der Waals surface area contributed by atoms with Crippen molar-refractivity contribution < 1.29 is 4.39 Å². The molecule has 1 fully saturated rings. The molecule has 1 saturated carbocycles. The van der Waals surface area contributed by atoms with Crippen molar-refractivity contribution >= 4 is 5.52 Å². The second-order valence-electron chi connectivity index (χ2n) is 6.49. The summed E-state index contributed by atoms with van der Waals surface area (Å²) in [6, 6.07) is 7.84. The minimum Gasteiger partial charge on any atom is -0.265 e. The lowest BCUT2D eigenvalue weighted by molar-refractivity contribution is 0.302. The first-order valence-electron chi connectivity index (χ1n) is 8.42. The number of aromatic nitrogens is 4. The van der Waals surface area contributed by atoms with E-state index in [9.17, 15) is 9.18 Å². The van der Waals surface area contributed by atoms with Crippen LogP contribution >= 0.6 is 0 Å². The second kappa shape index (κ2) is 6.19. The summed E-state index contributed by atoms with van der Waals surface area (Å²) in [6.07, 6.45) is 7.68. The molecule has 1 aliphatic rings. The summed E-state index contributed by atoms with van der Waals surface area (Å²) in [5.74, 6) is 0.241. The van der Waals surface area contributed by atoms with E-state index in [4.69, 9.17) is 0 Å². The quantitative estimate of drug-likeness (QED) is 0.742. The molecule has 3 aromatic rings. The first-order chi connectivity index (χ1) is 11.7. The number of hydrogen-bond acceptors (Lipinski definition) is 3. The van der Waals surface area contributed by atoms with Crippen LogP contribution < -0.4 is 5.56 Å². The average Bonchev–Trinajstić information content (AvgIpc) is 3.04. The normalized spacial score (nSPS) is 15.9. The Morgan fingerprint density at radius 3 is 2.62 bits per heavy atom. The highest BCUT2D eigenvalue weighted by molar-refractivity contribution is 5.65. The molecule has 2 aromatic heterocycles. The number of hydrogen-bond donors (Lipinski definition) is 0. The van der Waals surface area contributed by atoms with Crippen LogP contribution in [0.4, 0.5) is 4.39 Å². The molecule has 0 saturated heterocycles. The maximum Gasteiger partial charge on any atom is 0.292 e. The molecular weight excluding hydrogens is 307 g/mol. The highest BCUT2D eigenvalue weighted by atomic mass is 19.1. The monoisotopic (exact) mass is 326 g/mol. The van der Waals surface area contributed by atoms with Gasteiger partial charge in [-0.15, -0.1) is 0 Å². The van der Waals surface area contributed by atoms with Crippen molar-refractivity contribution in [3.05, 3.63) is 52.8 Å². The average molecular weight is 326 g/mol. The minimum atomic E-state index is -0.293. The van der Waals surface area contributed by atoms with Gasteiger partial charge in [0.25, 0.3) is 5.56 Å². The zero-order valence-corrected chi connectivity index (χ0v) is 13.4. The molecule has 0 atom stereocenters. The summed E-state index contributed by atoms with van der Waals surface area (Å²) in [4.78, 5) is 12.7. The van der Waals surface area contributed by atoms with Gasteiger partial charge in [0.1, 0.15) is 17.7 Å². The number of rotatable bonds is 3. The highest BCUT2D eigenvalue weighted by Gasteiger charge is 2.16. The lowest BCUT2D eigenvalue weighted by Gasteiger charge is -2.21. The van der Waals surface area contributed by atoms with Crippen LogP contribution in [0.5, 0.6) is 0 Å². The molecule has 2 heterocycles. The van der Waals surface area contributed by atoms with Gasteiger partial charge in [-0.3, -0.25) is 4.79 Å². The van der Waals surface area contributed by atoms with Gasteiger partial charge in [-0.05, 0) is 49.1 Å². The number of nitrogens with zero attached hydrogens (tertiary/aromatic N) is 4. The van der Waals surface area contributed by atoms with E-state index in [1.807, 2.05) is 0 Å². The molecule has 4 rings (SSSR count). The predicted octanol–water partition coefficient (Wildman–Crippen LogP) is 3.28. The third-order valence-corrected chi connectivity index (χ3v) is 4.79. The van der Waals surface area contributed by atoms with Crippen molar-refractivity contribution in [1.82, 2.24) is 19.4 Å². The van der Waals surface area contributed by atoms with Crippen molar-refractivity contribution in [2.75, 3.05) is 0 Å². The van der Waals surface area contributed by atoms with E-state index in [-0.39, 0.29) is 11.4 Å². The van der Waals surface area contributed by atoms with Gasteiger partial charge < -0.3 is 0 Å². The Morgan fingerprint density at radius 1 is 1.12 bits per heavy atom. The Balaban J connectivity index is 1.68. The zero-order valence-electron chi connectivity index (χ0n) is 13.4. The topological polar surface area (TPSA) is 52.2 Å². The van der Waals surface area contributed by atoms with Crippen LogP contribution in [-0.2, 0) is 6.54 Å². The van der Waals surface area contributed by atoms with E-state index in [1.165, 1.54) is 48.8 Å². The lowest BCUT2D eigenvalue weighted by atomic mass is 9.89. The molecule has 124 valence electrons. The summed E-state index contributed by atoms with van der Waals surface area (Å²) in [5, 5.41) is 8.65. The summed E-state index contributed by atoms with van der Waals surface area (Å²) < 4.78 is 16.1. The predicted molar refractivity (Wildman–Crippen MR) is 89.2 cm³/mol. The molecule has 0 aliphatic heterocycles. The van der Waals surface area contributed by atoms with Crippen molar-refractivity contribution in [3.8, 4) is 11.3 Å². The van der Waals surface area contributed by atoms with Gasteiger partial charge in [-0.2, -0.15) is 10.2 Å². The molecule has 0 bridgehead atoms. The van der Waals surface area contributed by atoms with Crippen LogP contribution in [0.3, 0.4) is 0 Å². The molecule has 0 spiro atoms. The van der Waals surface area contributed by atoms with Gasteiger partial charge in [0, 0.05) is 12.1 Å². The fourth-order valence-electron chi connectivity index (χ4n) is 3.44. The standard InChI is InChI=1S/C18H19FN4O/c19-15-8-6-14(7-9-15)16-10-17-18(24)22(20-12-23(17)21-16)11-13-4-2-1-3-5-13/h6-10,12-13H,1-5,11H2. The fourth-order valence-corrected chi connectivity index (χ4v) is 3.44. The highest BCUT2D eigenvalue weighted by Crippen LogP contribution is 2.24. The second-order valence-corrected chi connectivity index (χ2v) is 6.49. The van der Waals surface area contributed by atoms with E-state index in [0.717, 1.165) is 5.56 Å². The summed E-state index contributed by atoms with van der Waals surface area (Å²) >= 11 is 0. The third-order valence-electron chi connectivity index (χ3n) is 4.79. The van der Waals surface area contributed by atoms with E-state index >= 15 is 0 Å². The van der Waals surface area contributed by atoms with Crippen molar-refractivity contribution in [2.45, 2.75) is 38.6 Å². The smallest absolute Gasteiger partial charge is 0.265 e. The molecule has 0 radical (unpaired) electrons. The number of halogens is 1. The maximum atomic E-state index is 13.1. The van der Waals surface area contributed by atoms with E-state index in [0.29, 0.717) is 23.7 Å². The Bertz CT molecular complexity index is 907. The largest absolute Gasteiger partial charge is 0.292 e.